The zero-order valence-corrected chi connectivity index (χ0v) is 27.4. The Morgan fingerprint density at radius 3 is 1.65 bits per heavy atom. The van der Waals surface area contributed by atoms with Crippen LogP contribution in [0.3, 0.4) is 0 Å². The number of phenolic OH excluding ortho intramolecular Hbond substituents is 2. The van der Waals surface area contributed by atoms with Crippen LogP contribution in [0.2, 0.25) is 0 Å². The first-order chi connectivity index (χ1) is 21.3. The number of allylic oxidation sites excluding steroid dienone is 5. The van der Waals surface area contributed by atoms with E-state index in [1.807, 2.05) is 0 Å². The highest BCUT2D eigenvalue weighted by Crippen LogP contribution is 2.41. The lowest BCUT2D eigenvalue weighted by atomic mass is 9.77. The maximum Gasteiger partial charge on any atom is 0.251 e. The molecule has 46 heavy (non-hydrogen) atoms. The largest absolute Gasteiger partial charge is 0.507 e. The van der Waals surface area contributed by atoms with E-state index in [2.05, 4.69) is 5.32 Å². The van der Waals surface area contributed by atoms with Gasteiger partial charge >= 0.3 is 0 Å². The number of Topliss-reactive ketones (excluding diaryl/α,β-unsaturated/α-hetero) is 2. The van der Waals surface area contributed by atoms with E-state index in [0.29, 0.717) is 0 Å². The van der Waals surface area contributed by atoms with Gasteiger partial charge in [-0.2, -0.15) is 0 Å². The number of fused-ring (bicyclic) bond motifs is 15. The van der Waals surface area contributed by atoms with E-state index in [4.69, 9.17) is 0 Å². The molecule has 3 aliphatic rings. The average molecular weight is 640 g/mol. The molecule has 1 aromatic carbocycles. The molecular formula is C35H45NO10. The highest BCUT2D eigenvalue weighted by Gasteiger charge is 2.39. The van der Waals surface area contributed by atoms with Crippen LogP contribution >= 0.6 is 0 Å². The Kier molecular flexibility index (Phi) is 11.3. The maximum atomic E-state index is 13.7. The number of ketones is 3. The summed E-state index contributed by atoms with van der Waals surface area (Å²) >= 11 is 0. The topological polar surface area (TPSA) is 202 Å². The summed E-state index contributed by atoms with van der Waals surface area (Å²) in [6, 6.07) is 0. The van der Waals surface area contributed by atoms with E-state index in [9.17, 15) is 49.8 Å². The highest BCUT2D eigenvalue weighted by atomic mass is 16.3. The maximum absolute atomic E-state index is 13.7. The lowest BCUT2D eigenvalue weighted by Crippen LogP contribution is -2.45. The predicted molar refractivity (Wildman–Crippen MR) is 170 cm³/mol. The number of rotatable bonds is 0. The molecule has 2 heterocycles. The molecule has 11 nitrogen and oxygen atoms in total. The Bertz CT molecular complexity index is 1550. The summed E-state index contributed by atoms with van der Waals surface area (Å²) in [6.07, 6.45) is 2.23. The monoisotopic (exact) mass is 639 g/mol. The quantitative estimate of drug-likeness (QED) is 0.221. The summed E-state index contributed by atoms with van der Waals surface area (Å²) in [5.41, 5.74) is -2.08. The molecule has 0 fully saturated rings. The molecule has 9 atom stereocenters. The van der Waals surface area contributed by atoms with E-state index < -0.39 is 111 Å². The van der Waals surface area contributed by atoms with Gasteiger partial charge in [0.2, 0.25) is 5.78 Å². The summed E-state index contributed by atoms with van der Waals surface area (Å²) in [6.45, 7) is 12.3. The molecule has 4 rings (SSSR count). The van der Waals surface area contributed by atoms with Crippen molar-refractivity contribution in [2.45, 2.75) is 79.8 Å². The first-order valence-corrected chi connectivity index (χ1v) is 15.3. The van der Waals surface area contributed by atoms with Gasteiger partial charge in [0, 0.05) is 46.8 Å². The first kappa shape index (κ1) is 36.6. The molecule has 1 aliphatic carbocycles. The van der Waals surface area contributed by atoms with Gasteiger partial charge < -0.3 is 36.0 Å². The van der Waals surface area contributed by atoms with Gasteiger partial charge in [0.1, 0.15) is 11.5 Å². The number of aliphatic hydroxyl groups excluding tert-OH is 4. The number of aliphatic hydroxyl groups is 4. The van der Waals surface area contributed by atoms with Gasteiger partial charge in [0.05, 0.1) is 46.8 Å². The smallest absolute Gasteiger partial charge is 0.251 e. The number of carbonyl (C=O) groups is 4. The van der Waals surface area contributed by atoms with Gasteiger partial charge in [0.15, 0.2) is 11.6 Å². The minimum atomic E-state index is -1.21. The van der Waals surface area contributed by atoms with Crippen LogP contribution in [-0.4, -0.2) is 78.3 Å². The number of hydrogen-bond donors (Lipinski definition) is 7. The van der Waals surface area contributed by atoms with Crippen molar-refractivity contribution in [1.29, 1.82) is 0 Å². The molecular weight excluding hydrogens is 594 g/mol. The van der Waals surface area contributed by atoms with Crippen LogP contribution in [0.15, 0.2) is 47.2 Å². The van der Waals surface area contributed by atoms with E-state index in [1.165, 1.54) is 39.0 Å². The van der Waals surface area contributed by atoms with Crippen molar-refractivity contribution in [2.75, 3.05) is 0 Å². The lowest BCUT2D eigenvalue weighted by Gasteiger charge is -2.36. The Morgan fingerprint density at radius 2 is 1.11 bits per heavy atom. The fourth-order valence-electron chi connectivity index (χ4n) is 6.11. The molecule has 0 saturated heterocycles. The molecule has 0 spiro atoms. The third-order valence-corrected chi connectivity index (χ3v) is 9.45. The molecule has 1 amide bonds. The van der Waals surface area contributed by atoms with E-state index in [0.717, 1.165) is 6.08 Å². The summed E-state index contributed by atoms with van der Waals surface area (Å²) in [5, 5.41) is 68.4. The van der Waals surface area contributed by atoms with Crippen molar-refractivity contribution in [3.63, 3.8) is 0 Å². The second-order valence-corrected chi connectivity index (χ2v) is 12.8. The fraction of sp³-hybridized carbons (Fsp3) is 0.486. The minimum absolute atomic E-state index is 0.00428. The van der Waals surface area contributed by atoms with Crippen LogP contribution < -0.4 is 5.32 Å². The molecule has 0 radical (unpaired) electrons. The molecule has 11 heteroatoms. The summed E-state index contributed by atoms with van der Waals surface area (Å²) in [4.78, 5) is 53.6. The minimum Gasteiger partial charge on any atom is -0.507 e. The predicted octanol–water partition coefficient (Wildman–Crippen LogP) is 3.05. The van der Waals surface area contributed by atoms with Gasteiger partial charge in [-0.25, -0.2) is 0 Å². The molecule has 250 valence electrons. The van der Waals surface area contributed by atoms with Crippen molar-refractivity contribution in [2.24, 2.45) is 29.6 Å². The summed E-state index contributed by atoms with van der Waals surface area (Å²) in [7, 11) is 0. The normalized spacial score (nSPS) is 32.1. The van der Waals surface area contributed by atoms with Gasteiger partial charge in [-0.3, -0.25) is 19.2 Å². The number of hydrogen-bond acceptors (Lipinski definition) is 10. The zero-order chi connectivity index (χ0) is 34.9. The van der Waals surface area contributed by atoms with Crippen molar-refractivity contribution in [3.8, 4) is 11.5 Å². The second kappa shape index (κ2) is 14.3. The van der Waals surface area contributed by atoms with Crippen molar-refractivity contribution in [3.05, 3.63) is 69.5 Å². The molecule has 1 aromatic rings. The summed E-state index contributed by atoms with van der Waals surface area (Å²) < 4.78 is 0. The third kappa shape index (κ3) is 6.92. The average Bonchev–Trinajstić information content (AvgIpc) is 3.02. The second-order valence-electron chi connectivity index (χ2n) is 12.8. The Morgan fingerprint density at radius 1 is 0.630 bits per heavy atom. The van der Waals surface area contributed by atoms with Gasteiger partial charge in [-0.15, -0.1) is 0 Å². The Labute approximate surface area is 268 Å². The van der Waals surface area contributed by atoms with Crippen LogP contribution in [0.5, 0.6) is 11.5 Å². The molecule has 7 N–H and O–H groups in total. The number of phenols is 2. The Balaban J connectivity index is 2.20. The van der Waals surface area contributed by atoms with Gasteiger partial charge in [-0.05, 0) is 26.3 Å². The van der Waals surface area contributed by atoms with Gasteiger partial charge in [0.25, 0.3) is 5.91 Å². The van der Waals surface area contributed by atoms with Crippen LogP contribution in [0.25, 0.3) is 0 Å². The van der Waals surface area contributed by atoms with Crippen LogP contribution in [0.1, 0.15) is 85.1 Å². The number of carbonyl (C=O) groups excluding carboxylic acids is 4. The Hall–Kier alpha value is -3.90. The van der Waals surface area contributed by atoms with Crippen molar-refractivity contribution >= 4 is 23.3 Å². The first-order valence-electron chi connectivity index (χ1n) is 15.3. The summed E-state index contributed by atoms with van der Waals surface area (Å²) in [5.74, 6) is -8.28. The third-order valence-electron chi connectivity index (χ3n) is 9.45. The van der Waals surface area contributed by atoms with Gasteiger partial charge in [-0.1, -0.05) is 58.9 Å². The molecule has 0 saturated carbocycles. The number of aromatic hydroxyl groups is 2. The number of nitrogens with one attached hydrogen (secondary N) is 1. The number of amides is 1. The molecule has 2 aliphatic heterocycles. The SMILES string of the molecule is CC1=CC=CC(C)C(O)C(C)C(O)C(C)C(O)C(C)C(O)C(C)C=C(C)C(=O)c2c(O)c(C)c(O)c3c2C(=O)C=C(NC1=O)C3=O. The lowest BCUT2D eigenvalue weighted by molar-refractivity contribution is -0.116. The van der Waals surface area contributed by atoms with Crippen LogP contribution in [-0.2, 0) is 4.79 Å². The van der Waals surface area contributed by atoms with Crippen molar-refractivity contribution < 1.29 is 49.8 Å². The van der Waals surface area contributed by atoms with Crippen LogP contribution in [0.4, 0.5) is 0 Å². The fourth-order valence-corrected chi connectivity index (χ4v) is 6.11. The van der Waals surface area contributed by atoms with E-state index >= 15 is 0 Å². The number of benzene rings is 1. The van der Waals surface area contributed by atoms with E-state index in [1.54, 1.807) is 40.7 Å². The highest BCUT2D eigenvalue weighted by molar-refractivity contribution is 6.31. The van der Waals surface area contributed by atoms with Crippen molar-refractivity contribution in [1.82, 2.24) is 5.32 Å². The van der Waals surface area contributed by atoms with Crippen LogP contribution in [0, 0.1) is 36.5 Å². The molecule has 0 aromatic heterocycles. The standard InChI is InChI=1S/C35H45NO10/c1-14-10-9-11-15(2)35(46)36-22-13-23(37)24-25(32(43)21(8)33(44)26(24)34(22)45)29(40)17(4)12-16(3)28(39)19(6)31(42)20(7)30(41)18(5)27(14)38/h9-14,16,18-20,27-28,30-31,38-39,41-44H,1-8H3,(H,36,46). The zero-order valence-electron chi connectivity index (χ0n) is 27.4. The molecule has 4 bridgehead atoms. The molecule has 9 unspecified atom stereocenters. The van der Waals surface area contributed by atoms with E-state index in [-0.39, 0.29) is 16.7 Å².